The van der Waals surface area contributed by atoms with Crippen LogP contribution in [0.4, 0.5) is 0 Å². The zero-order valence-electron chi connectivity index (χ0n) is 11.1. The highest BCUT2D eigenvalue weighted by molar-refractivity contribution is 14.1. The molecule has 0 bridgehead atoms. The van der Waals surface area contributed by atoms with Crippen molar-refractivity contribution in [2.75, 3.05) is 4.43 Å². The molecule has 0 fully saturated rings. The summed E-state index contributed by atoms with van der Waals surface area (Å²) in [7, 11) is 0. The smallest absolute Gasteiger partial charge is 0.145 e. The Morgan fingerprint density at radius 2 is 1.94 bits per heavy atom. The first-order valence-corrected chi connectivity index (χ1v) is 7.58. The van der Waals surface area contributed by atoms with Crippen LogP contribution in [0.5, 0.6) is 0 Å². The van der Waals surface area contributed by atoms with Gasteiger partial charge in [0.2, 0.25) is 0 Å². The number of carbonyl (C=O) groups excluding carboxylic acids is 1. The maximum atomic E-state index is 11.8. The predicted molar refractivity (Wildman–Crippen MR) is 80.1 cm³/mol. The first-order chi connectivity index (χ1) is 7.30. The molecule has 0 aromatic carbocycles. The topological polar surface area (TPSA) is 17.1 Å². The third kappa shape index (κ3) is 7.42. The lowest BCUT2D eigenvalue weighted by atomic mass is 9.83. The molecule has 0 N–H and O–H groups in total. The molecular weight excluding hydrogens is 311 g/mol. The molecule has 0 rings (SSSR count). The Balaban J connectivity index is 4.29. The van der Waals surface area contributed by atoms with Gasteiger partial charge in [-0.25, -0.2) is 0 Å². The number of hydrogen-bond donors (Lipinski definition) is 0. The molecule has 0 aliphatic rings. The summed E-state index contributed by atoms with van der Waals surface area (Å²) in [5, 5.41) is 0. The van der Waals surface area contributed by atoms with Gasteiger partial charge in [-0.1, -0.05) is 68.9 Å². The van der Waals surface area contributed by atoms with Crippen LogP contribution in [-0.4, -0.2) is 10.2 Å². The van der Waals surface area contributed by atoms with Gasteiger partial charge in [0, 0.05) is 5.92 Å². The molecule has 0 heterocycles. The van der Waals surface area contributed by atoms with Crippen LogP contribution in [0, 0.1) is 11.3 Å². The normalized spacial score (nSPS) is 13.6. The van der Waals surface area contributed by atoms with Crippen molar-refractivity contribution in [3.63, 3.8) is 0 Å². The Morgan fingerprint density at radius 3 is 2.31 bits per heavy atom. The van der Waals surface area contributed by atoms with E-state index >= 15 is 0 Å². The number of alkyl halides is 1. The molecule has 1 nitrogen and oxygen atoms in total. The standard InChI is InChI=1S/C14H25IO/c1-6-7-12(13(16)10-15)8-11(2)9-14(3,4)5/h12H,2,6-10H2,1,3-5H3. The fourth-order valence-corrected chi connectivity index (χ4v) is 2.63. The van der Waals surface area contributed by atoms with Crippen molar-refractivity contribution in [2.45, 2.75) is 53.4 Å². The molecule has 1 unspecified atom stereocenters. The highest BCUT2D eigenvalue weighted by Gasteiger charge is 2.19. The molecule has 16 heavy (non-hydrogen) atoms. The highest BCUT2D eigenvalue weighted by Crippen LogP contribution is 2.28. The summed E-state index contributed by atoms with van der Waals surface area (Å²) in [6.07, 6.45) is 3.98. The first kappa shape index (κ1) is 16.1. The van der Waals surface area contributed by atoms with Gasteiger partial charge < -0.3 is 0 Å². The molecular formula is C14H25IO. The van der Waals surface area contributed by atoms with Gasteiger partial charge in [-0.3, -0.25) is 4.79 Å². The minimum atomic E-state index is 0.205. The summed E-state index contributed by atoms with van der Waals surface area (Å²) in [6.45, 7) is 12.9. The summed E-state index contributed by atoms with van der Waals surface area (Å²) >= 11 is 2.16. The second kappa shape index (κ2) is 7.46. The van der Waals surface area contributed by atoms with Gasteiger partial charge in [0.15, 0.2) is 0 Å². The van der Waals surface area contributed by atoms with Gasteiger partial charge in [0.05, 0.1) is 4.43 Å². The number of halogens is 1. The molecule has 0 aliphatic carbocycles. The monoisotopic (exact) mass is 336 g/mol. The van der Waals surface area contributed by atoms with E-state index in [0.29, 0.717) is 10.2 Å². The number of allylic oxidation sites excluding steroid dienone is 1. The molecule has 0 radical (unpaired) electrons. The van der Waals surface area contributed by atoms with Crippen LogP contribution in [0.3, 0.4) is 0 Å². The molecule has 2 heteroatoms. The number of ketones is 1. The number of rotatable bonds is 7. The Labute approximate surface area is 114 Å². The van der Waals surface area contributed by atoms with E-state index in [1.165, 1.54) is 5.57 Å². The lowest BCUT2D eigenvalue weighted by molar-refractivity contribution is -0.120. The third-order valence-electron chi connectivity index (χ3n) is 2.54. The zero-order valence-corrected chi connectivity index (χ0v) is 13.3. The lowest BCUT2D eigenvalue weighted by Gasteiger charge is -2.22. The molecule has 0 spiro atoms. The van der Waals surface area contributed by atoms with Gasteiger partial charge in [-0.05, 0) is 24.7 Å². The van der Waals surface area contributed by atoms with Crippen LogP contribution in [0.25, 0.3) is 0 Å². The van der Waals surface area contributed by atoms with E-state index in [0.717, 1.165) is 25.7 Å². The van der Waals surface area contributed by atoms with E-state index in [9.17, 15) is 4.79 Å². The van der Waals surface area contributed by atoms with Crippen molar-refractivity contribution >= 4 is 28.4 Å². The van der Waals surface area contributed by atoms with Gasteiger partial charge in [0.25, 0.3) is 0 Å². The van der Waals surface area contributed by atoms with Crippen molar-refractivity contribution in [3.05, 3.63) is 12.2 Å². The molecule has 0 aromatic rings. The van der Waals surface area contributed by atoms with Crippen molar-refractivity contribution in [1.29, 1.82) is 0 Å². The predicted octanol–water partition coefficient (Wildman–Crippen LogP) is 4.79. The Morgan fingerprint density at radius 1 is 1.38 bits per heavy atom. The summed E-state index contributed by atoms with van der Waals surface area (Å²) in [6, 6.07) is 0. The van der Waals surface area contributed by atoms with Gasteiger partial charge in [-0.15, -0.1) is 0 Å². The molecule has 94 valence electrons. The molecule has 0 saturated heterocycles. The summed E-state index contributed by atoms with van der Waals surface area (Å²) in [5.41, 5.74) is 1.51. The van der Waals surface area contributed by atoms with E-state index in [1.807, 2.05) is 0 Å². The van der Waals surface area contributed by atoms with E-state index in [-0.39, 0.29) is 11.3 Å². The minimum absolute atomic E-state index is 0.205. The second-order valence-corrected chi connectivity index (χ2v) is 6.54. The van der Waals surface area contributed by atoms with Crippen LogP contribution in [0.1, 0.15) is 53.4 Å². The maximum Gasteiger partial charge on any atom is 0.145 e. The van der Waals surface area contributed by atoms with Gasteiger partial charge >= 0.3 is 0 Å². The van der Waals surface area contributed by atoms with Crippen molar-refractivity contribution in [3.8, 4) is 0 Å². The number of hydrogen-bond acceptors (Lipinski definition) is 1. The van der Waals surface area contributed by atoms with Crippen molar-refractivity contribution in [2.24, 2.45) is 11.3 Å². The van der Waals surface area contributed by atoms with Crippen LogP contribution >= 0.6 is 22.6 Å². The van der Waals surface area contributed by atoms with Crippen LogP contribution in [0.2, 0.25) is 0 Å². The fraction of sp³-hybridized carbons (Fsp3) is 0.786. The molecule has 1 atom stereocenters. The lowest BCUT2D eigenvalue weighted by Crippen LogP contribution is -2.17. The minimum Gasteiger partial charge on any atom is -0.299 e. The largest absolute Gasteiger partial charge is 0.299 e. The summed E-state index contributed by atoms with van der Waals surface area (Å²) in [5.74, 6) is 0.592. The Bertz CT molecular complexity index is 238. The van der Waals surface area contributed by atoms with Crippen molar-refractivity contribution < 1.29 is 4.79 Å². The fourth-order valence-electron chi connectivity index (χ4n) is 2.01. The Kier molecular flexibility index (Phi) is 7.53. The second-order valence-electron chi connectivity index (χ2n) is 5.78. The first-order valence-electron chi connectivity index (χ1n) is 6.05. The maximum absolute atomic E-state index is 11.8. The Hall–Kier alpha value is 0.140. The summed E-state index contributed by atoms with van der Waals surface area (Å²) in [4.78, 5) is 11.8. The van der Waals surface area contributed by atoms with E-state index in [4.69, 9.17) is 0 Å². The zero-order chi connectivity index (χ0) is 12.8. The summed E-state index contributed by atoms with van der Waals surface area (Å²) < 4.78 is 0.630. The van der Waals surface area contributed by atoms with Crippen LogP contribution < -0.4 is 0 Å². The quantitative estimate of drug-likeness (QED) is 0.371. The third-order valence-corrected chi connectivity index (χ3v) is 3.29. The average Bonchev–Trinajstić information content (AvgIpc) is 2.13. The van der Waals surface area contributed by atoms with Crippen LogP contribution in [-0.2, 0) is 4.79 Å². The van der Waals surface area contributed by atoms with Gasteiger partial charge in [0.1, 0.15) is 5.78 Å². The van der Waals surface area contributed by atoms with E-state index in [2.05, 4.69) is 56.9 Å². The number of Topliss-reactive ketones (excluding diaryl/α,β-unsaturated/α-hetero) is 1. The van der Waals surface area contributed by atoms with E-state index < -0.39 is 0 Å². The van der Waals surface area contributed by atoms with E-state index in [1.54, 1.807) is 0 Å². The SMILES string of the molecule is C=C(CC(CCC)C(=O)CI)CC(C)(C)C. The van der Waals surface area contributed by atoms with Crippen LogP contribution in [0.15, 0.2) is 12.2 Å². The van der Waals surface area contributed by atoms with Gasteiger partial charge in [-0.2, -0.15) is 0 Å². The highest BCUT2D eigenvalue weighted by atomic mass is 127. The molecule has 0 aromatic heterocycles. The van der Waals surface area contributed by atoms with Crippen molar-refractivity contribution in [1.82, 2.24) is 0 Å². The molecule has 0 amide bonds. The average molecular weight is 336 g/mol. The molecule has 0 saturated carbocycles. The number of carbonyl (C=O) groups is 1. The molecule has 0 aliphatic heterocycles.